The van der Waals surface area contributed by atoms with Gasteiger partial charge in [0.25, 0.3) is 0 Å². The average molecular weight is 234 g/mol. The van der Waals surface area contributed by atoms with Crippen molar-refractivity contribution >= 4 is 11.8 Å². The van der Waals surface area contributed by atoms with Crippen LogP contribution in [0.2, 0.25) is 0 Å². The number of hydrogen-bond donors (Lipinski definition) is 1. The van der Waals surface area contributed by atoms with Crippen LogP contribution in [-0.4, -0.2) is 17.5 Å². The maximum Gasteiger partial charge on any atom is 0.132 e. The third kappa shape index (κ3) is 1.21. The molecule has 0 amide bonds. The van der Waals surface area contributed by atoms with Crippen molar-refractivity contribution < 1.29 is 9.84 Å². The number of aryl methyl sites for hydroxylation is 1. The zero-order valence-corrected chi connectivity index (χ0v) is 10.2. The number of phenolic OH excluding ortho intramolecular Hbond substituents is 1. The van der Waals surface area contributed by atoms with Gasteiger partial charge in [-0.1, -0.05) is 12.2 Å². The highest BCUT2D eigenvalue weighted by molar-refractivity contribution is 8.00. The summed E-state index contributed by atoms with van der Waals surface area (Å²) >= 11 is 1.78. The summed E-state index contributed by atoms with van der Waals surface area (Å²) in [5.74, 6) is 1.77. The zero-order valence-electron chi connectivity index (χ0n) is 9.36. The first-order valence-electron chi connectivity index (χ1n) is 5.46. The predicted molar refractivity (Wildman–Crippen MR) is 65.5 cm³/mol. The fourth-order valence-corrected chi connectivity index (χ4v) is 4.07. The van der Waals surface area contributed by atoms with Gasteiger partial charge in [-0.05, 0) is 25.0 Å². The molecule has 0 fully saturated rings. The maximum atomic E-state index is 10.1. The molecule has 1 aliphatic carbocycles. The van der Waals surface area contributed by atoms with Gasteiger partial charge in [0.15, 0.2) is 0 Å². The Labute approximate surface area is 99.3 Å². The van der Waals surface area contributed by atoms with E-state index in [-0.39, 0.29) is 0 Å². The van der Waals surface area contributed by atoms with Crippen LogP contribution in [0.4, 0.5) is 0 Å². The Hall–Kier alpha value is -1.09. The second-order valence-corrected chi connectivity index (χ2v) is 5.58. The highest BCUT2D eigenvalue weighted by Crippen LogP contribution is 2.57. The lowest BCUT2D eigenvalue weighted by atomic mass is 9.96. The van der Waals surface area contributed by atoms with Gasteiger partial charge in [-0.25, -0.2) is 0 Å². The van der Waals surface area contributed by atoms with Gasteiger partial charge in [0.05, 0.1) is 12.0 Å². The molecule has 3 heteroatoms. The summed E-state index contributed by atoms with van der Waals surface area (Å²) < 4.78 is 5.44. The Bertz CT molecular complexity index is 479. The minimum atomic E-state index is 0.418. The van der Waals surface area contributed by atoms with Crippen LogP contribution >= 0.6 is 11.8 Å². The topological polar surface area (TPSA) is 29.5 Å². The molecule has 1 heterocycles. The lowest BCUT2D eigenvalue weighted by Gasteiger charge is -2.13. The number of aromatic hydroxyl groups is 1. The van der Waals surface area contributed by atoms with Crippen LogP contribution in [0.15, 0.2) is 23.1 Å². The summed E-state index contributed by atoms with van der Waals surface area (Å²) in [6, 6.07) is 1.93. The van der Waals surface area contributed by atoms with E-state index < -0.39 is 0 Å². The number of fused-ring (bicyclic) bond motifs is 3. The van der Waals surface area contributed by atoms with Crippen LogP contribution in [0.1, 0.15) is 23.5 Å². The van der Waals surface area contributed by atoms with Crippen molar-refractivity contribution in [2.45, 2.75) is 29.4 Å². The highest BCUT2D eigenvalue weighted by Gasteiger charge is 2.38. The lowest BCUT2D eigenvalue weighted by Crippen LogP contribution is -2.02. The van der Waals surface area contributed by atoms with E-state index in [1.54, 1.807) is 18.9 Å². The molecular formula is C13H14O2S. The van der Waals surface area contributed by atoms with Crippen molar-refractivity contribution in [3.8, 4) is 11.5 Å². The van der Waals surface area contributed by atoms with Crippen LogP contribution < -0.4 is 4.74 Å². The zero-order chi connectivity index (χ0) is 11.3. The third-order valence-corrected chi connectivity index (χ3v) is 4.82. The van der Waals surface area contributed by atoms with E-state index >= 15 is 0 Å². The summed E-state index contributed by atoms with van der Waals surface area (Å²) in [7, 11) is 1.70. The van der Waals surface area contributed by atoms with E-state index in [9.17, 15) is 5.11 Å². The molecule has 0 spiro atoms. The SMILES string of the molecule is COc1cc(C)c(O)c2c1[C@@H]1C=CC[C@@H]1S2. The quantitative estimate of drug-likeness (QED) is 0.756. The van der Waals surface area contributed by atoms with Gasteiger partial charge in [-0.2, -0.15) is 0 Å². The molecule has 84 valence electrons. The predicted octanol–water partition coefficient (Wildman–Crippen LogP) is 3.23. The first-order chi connectivity index (χ1) is 7.72. The second kappa shape index (κ2) is 3.45. The number of allylic oxidation sites excluding steroid dienone is 2. The fraction of sp³-hybridized carbons (Fsp3) is 0.385. The number of thioether (sulfide) groups is 1. The summed E-state index contributed by atoms with van der Waals surface area (Å²) in [5, 5.41) is 10.6. The van der Waals surface area contributed by atoms with Crippen LogP contribution in [0.3, 0.4) is 0 Å². The van der Waals surface area contributed by atoms with Gasteiger partial charge < -0.3 is 9.84 Å². The molecule has 0 unspecified atom stereocenters. The molecule has 0 radical (unpaired) electrons. The average Bonchev–Trinajstić information content (AvgIpc) is 2.83. The maximum absolute atomic E-state index is 10.1. The summed E-state index contributed by atoms with van der Waals surface area (Å²) in [6.07, 6.45) is 5.55. The van der Waals surface area contributed by atoms with Gasteiger partial charge in [0, 0.05) is 16.7 Å². The van der Waals surface area contributed by atoms with Crippen LogP contribution in [-0.2, 0) is 0 Å². The largest absolute Gasteiger partial charge is 0.506 e. The van der Waals surface area contributed by atoms with Gasteiger partial charge in [-0.3, -0.25) is 0 Å². The summed E-state index contributed by atoms with van der Waals surface area (Å²) in [6.45, 7) is 1.92. The van der Waals surface area contributed by atoms with E-state index in [2.05, 4.69) is 12.2 Å². The van der Waals surface area contributed by atoms with Crippen molar-refractivity contribution in [3.05, 3.63) is 29.3 Å². The first kappa shape index (κ1) is 10.1. The first-order valence-corrected chi connectivity index (χ1v) is 6.34. The van der Waals surface area contributed by atoms with E-state index in [0.717, 1.165) is 22.6 Å². The Morgan fingerprint density at radius 3 is 3.06 bits per heavy atom. The van der Waals surface area contributed by atoms with Gasteiger partial charge in [-0.15, -0.1) is 11.8 Å². The van der Waals surface area contributed by atoms with Crippen molar-refractivity contribution in [2.24, 2.45) is 0 Å². The molecule has 2 nitrogen and oxygen atoms in total. The molecule has 3 rings (SSSR count). The Morgan fingerprint density at radius 1 is 1.50 bits per heavy atom. The molecule has 2 atom stereocenters. The van der Waals surface area contributed by atoms with Crippen LogP contribution in [0.5, 0.6) is 11.5 Å². The van der Waals surface area contributed by atoms with Gasteiger partial charge in [0.1, 0.15) is 11.5 Å². The number of hydrogen-bond acceptors (Lipinski definition) is 3. The minimum Gasteiger partial charge on any atom is -0.506 e. The normalized spacial score (nSPS) is 25.6. The third-order valence-electron chi connectivity index (χ3n) is 3.38. The van der Waals surface area contributed by atoms with Crippen LogP contribution in [0, 0.1) is 6.92 Å². The Balaban J connectivity index is 2.23. The molecule has 0 bridgehead atoms. The number of methoxy groups -OCH3 is 1. The number of ether oxygens (including phenoxy) is 1. The number of rotatable bonds is 1. The lowest BCUT2D eigenvalue weighted by molar-refractivity contribution is 0.400. The van der Waals surface area contributed by atoms with Crippen molar-refractivity contribution in [1.29, 1.82) is 0 Å². The number of phenols is 1. The van der Waals surface area contributed by atoms with E-state index in [1.165, 1.54) is 5.56 Å². The molecule has 16 heavy (non-hydrogen) atoms. The fourth-order valence-electron chi connectivity index (χ4n) is 2.55. The van der Waals surface area contributed by atoms with Crippen molar-refractivity contribution in [2.75, 3.05) is 7.11 Å². The molecule has 2 aliphatic rings. The minimum absolute atomic E-state index is 0.418. The van der Waals surface area contributed by atoms with Gasteiger partial charge >= 0.3 is 0 Å². The molecule has 1 N–H and O–H groups in total. The van der Waals surface area contributed by atoms with Crippen LogP contribution in [0.25, 0.3) is 0 Å². The summed E-state index contributed by atoms with van der Waals surface area (Å²) in [5.41, 5.74) is 2.07. The van der Waals surface area contributed by atoms with Crippen molar-refractivity contribution in [3.63, 3.8) is 0 Å². The highest BCUT2D eigenvalue weighted by atomic mass is 32.2. The number of benzene rings is 1. The van der Waals surface area contributed by atoms with E-state index in [4.69, 9.17) is 4.74 Å². The standard InChI is InChI=1S/C13H14O2S/c1-7-6-9(15-2)11-8-4-3-5-10(8)16-13(11)12(7)14/h3-4,6,8,10,14H,5H2,1-2H3/t8-,10+/m1/s1. The van der Waals surface area contributed by atoms with E-state index in [1.807, 2.05) is 13.0 Å². The smallest absolute Gasteiger partial charge is 0.132 e. The van der Waals surface area contributed by atoms with Gasteiger partial charge in [0.2, 0.25) is 0 Å². The molecule has 1 aliphatic heterocycles. The molecule has 0 aromatic heterocycles. The summed E-state index contributed by atoms with van der Waals surface area (Å²) in [4.78, 5) is 1.02. The monoisotopic (exact) mass is 234 g/mol. The molecule has 1 aromatic carbocycles. The Morgan fingerprint density at radius 2 is 2.31 bits per heavy atom. The molecule has 0 saturated carbocycles. The van der Waals surface area contributed by atoms with Crippen molar-refractivity contribution in [1.82, 2.24) is 0 Å². The van der Waals surface area contributed by atoms with E-state index in [0.29, 0.717) is 16.9 Å². The molecule has 0 saturated heterocycles. The second-order valence-electron chi connectivity index (χ2n) is 4.33. The molecule has 1 aromatic rings. The Kier molecular flexibility index (Phi) is 2.18. The molecular weight excluding hydrogens is 220 g/mol.